The molecule has 0 saturated carbocycles. The Balaban J connectivity index is 3.65. The normalized spacial score (nSPS) is 11.8. The van der Waals surface area contributed by atoms with Crippen LogP contribution < -0.4 is 11.1 Å². The Kier molecular flexibility index (Phi) is 16.0. The number of nitrogens with two attached hydrogens (primary N) is 1. The summed E-state index contributed by atoms with van der Waals surface area (Å²) < 4.78 is 0. The van der Waals surface area contributed by atoms with E-state index in [4.69, 9.17) is 15.9 Å². The summed E-state index contributed by atoms with van der Waals surface area (Å²) in [6, 6.07) is -0.816. The first-order valence-corrected chi connectivity index (χ1v) is 10.3. The lowest BCUT2D eigenvalue weighted by Crippen LogP contribution is -2.43. The maximum Gasteiger partial charge on any atom is 0.303 e. The number of carboxylic acids is 2. The number of carbonyl (C=O) groups is 4. The Labute approximate surface area is 167 Å². The molecule has 0 aliphatic carbocycles. The number of rotatable bonds is 19. The number of amides is 1. The lowest BCUT2D eigenvalue weighted by atomic mass is 10.0. The second-order valence-electron chi connectivity index (χ2n) is 7.15. The summed E-state index contributed by atoms with van der Waals surface area (Å²) in [5.74, 6) is -2.32. The second kappa shape index (κ2) is 17.2. The van der Waals surface area contributed by atoms with Crippen molar-refractivity contribution in [3.63, 3.8) is 0 Å². The quantitative estimate of drug-likeness (QED) is 0.244. The van der Waals surface area contributed by atoms with Gasteiger partial charge in [-0.15, -0.1) is 0 Å². The molecule has 0 aromatic rings. The Morgan fingerprint density at radius 2 is 1.11 bits per heavy atom. The van der Waals surface area contributed by atoms with Crippen LogP contribution in [0.1, 0.15) is 89.9 Å². The summed E-state index contributed by atoms with van der Waals surface area (Å²) in [5, 5.41) is 19.9. The van der Waals surface area contributed by atoms with Gasteiger partial charge in [-0.25, -0.2) is 0 Å². The zero-order chi connectivity index (χ0) is 21.2. The van der Waals surface area contributed by atoms with Crippen molar-refractivity contribution in [2.45, 2.75) is 95.9 Å². The van der Waals surface area contributed by atoms with Crippen molar-refractivity contribution in [2.24, 2.45) is 5.73 Å². The van der Waals surface area contributed by atoms with Crippen molar-refractivity contribution in [2.75, 3.05) is 6.54 Å². The van der Waals surface area contributed by atoms with Crippen LogP contribution in [0, 0.1) is 0 Å². The summed E-state index contributed by atoms with van der Waals surface area (Å²) in [6.45, 7) is -0.218. The first-order valence-electron chi connectivity index (χ1n) is 10.3. The van der Waals surface area contributed by atoms with Gasteiger partial charge in [0.15, 0.2) is 5.78 Å². The molecule has 0 saturated heterocycles. The maximum absolute atomic E-state index is 11.9. The predicted octanol–water partition coefficient (Wildman–Crippen LogP) is 2.63. The average molecular weight is 401 g/mol. The number of Topliss-reactive ketones (excluding diaryl/α,β-unsaturated/α-hetero) is 1. The highest BCUT2D eigenvalue weighted by Crippen LogP contribution is 2.12. The van der Waals surface area contributed by atoms with Crippen LogP contribution in [0.2, 0.25) is 0 Å². The topological polar surface area (TPSA) is 147 Å². The third kappa shape index (κ3) is 16.2. The van der Waals surface area contributed by atoms with Gasteiger partial charge in [-0.3, -0.25) is 19.2 Å². The molecule has 28 heavy (non-hydrogen) atoms. The monoisotopic (exact) mass is 400 g/mol. The van der Waals surface area contributed by atoms with Gasteiger partial charge in [-0.05, 0) is 19.3 Å². The molecule has 0 aliphatic heterocycles. The van der Waals surface area contributed by atoms with Gasteiger partial charge in [0.25, 0.3) is 0 Å². The highest BCUT2D eigenvalue weighted by atomic mass is 16.4. The van der Waals surface area contributed by atoms with Gasteiger partial charge in [0, 0.05) is 19.3 Å². The third-order valence-corrected chi connectivity index (χ3v) is 4.62. The zero-order valence-electron chi connectivity index (χ0n) is 16.8. The van der Waals surface area contributed by atoms with E-state index in [1.165, 1.54) is 0 Å². The molecule has 5 N–H and O–H groups in total. The van der Waals surface area contributed by atoms with Crippen LogP contribution in [0.5, 0.6) is 0 Å². The molecule has 0 aromatic heterocycles. The molecule has 0 aromatic carbocycles. The lowest BCUT2D eigenvalue weighted by molar-refractivity contribution is -0.138. The third-order valence-electron chi connectivity index (χ3n) is 4.62. The van der Waals surface area contributed by atoms with Gasteiger partial charge < -0.3 is 21.3 Å². The molecule has 1 amide bonds. The summed E-state index contributed by atoms with van der Waals surface area (Å²) in [6.07, 6.45) is 10.6. The summed E-state index contributed by atoms with van der Waals surface area (Å²) >= 11 is 0. The Morgan fingerprint density at radius 1 is 0.679 bits per heavy atom. The minimum absolute atomic E-state index is 0.0629. The predicted molar refractivity (Wildman–Crippen MR) is 106 cm³/mol. The van der Waals surface area contributed by atoms with E-state index in [9.17, 15) is 19.2 Å². The molecular weight excluding hydrogens is 364 g/mol. The van der Waals surface area contributed by atoms with E-state index in [1.807, 2.05) is 0 Å². The highest BCUT2D eigenvalue weighted by molar-refractivity contribution is 5.90. The van der Waals surface area contributed by atoms with Crippen molar-refractivity contribution in [1.29, 1.82) is 0 Å². The lowest BCUT2D eigenvalue weighted by Gasteiger charge is -2.16. The average Bonchev–Trinajstić information content (AvgIpc) is 2.64. The maximum atomic E-state index is 11.9. The highest BCUT2D eigenvalue weighted by Gasteiger charge is 2.20. The van der Waals surface area contributed by atoms with Gasteiger partial charge >= 0.3 is 11.9 Å². The fourth-order valence-electron chi connectivity index (χ4n) is 2.97. The molecule has 0 spiro atoms. The summed E-state index contributed by atoms with van der Waals surface area (Å²) in [5.41, 5.74) is 5.31. The molecule has 0 radical (unpaired) electrons. The number of hydrogen-bond donors (Lipinski definition) is 4. The van der Waals surface area contributed by atoms with Gasteiger partial charge in [0.1, 0.15) is 0 Å². The molecule has 8 heteroatoms. The second-order valence-corrected chi connectivity index (χ2v) is 7.15. The van der Waals surface area contributed by atoms with Crippen molar-refractivity contribution in [3.8, 4) is 0 Å². The van der Waals surface area contributed by atoms with Crippen LogP contribution >= 0.6 is 0 Å². The van der Waals surface area contributed by atoms with E-state index in [0.29, 0.717) is 6.42 Å². The van der Waals surface area contributed by atoms with E-state index in [-0.39, 0.29) is 37.5 Å². The van der Waals surface area contributed by atoms with Crippen molar-refractivity contribution >= 4 is 23.6 Å². The van der Waals surface area contributed by atoms with Crippen LogP contribution in [0.15, 0.2) is 0 Å². The molecule has 0 unspecified atom stereocenters. The first kappa shape index (κ1) is 26.0. The molecular formula is C20H36N2O6. The molecule has 0 bridgehead atoms. The molecule has 1 atom stereocenters. The minimum Gasteiger partial charge on any atom is -0.481 e. The van der Waals surface area contributed by atoms with Crippen molar-refractivity contribution in [3.05, 3.63) is 0 Å². The molecule has 0 aliphatic rings. The largest absolute Gasteiger partial charge is 0.481 e. The van der Waals surface area contributed by atoms with Crippen molar-refractivity contribution < 1.29 is 29.4 Å². The fraction of sp³-hybridized carbons (Fsp3) is 0.800. The van der Waals surface area contributed by atoms with Crippen LogP contribution in [0.25, 0.3) is 0 Å². The summed E-state index contributed by atoms with van der Waals surface area (Å²) in [7, 11) is 0. The van der Waals surface area contributed by atoms with Gasteiger partial charge in [-0.2, -0.15) is 0 Å². The number of nitrogens with one attached hydrogen (secondary N) is 1. The van der Waals surface area contributed by atoms with Crippen LogP contribution in [-0.2, 0) is 19.2 Å². The van der Waals surface area contributed by atoms with Gasteiger partial charge in [0.05, 0.1) is 12.6 Å². The first-order chi connectivity index (χ1) is 13.4. The van der Waals surface area contributed by atoms with E-state index in [2.05, 4.69) is 5.32 Å². The van der Waals surface area contributed by atoms with Crippen molar-refractivity contribution in [1.82, 2.24) is 5.32 Å². The smallest absolute Gasteiger partial charge is 0.303 e. The standard InChI is InChI=1S/C20H36N2O6/c21-15-17(23)16(13-14-20(27)28)22-18(24)11-9-7-5-3-1-2-4-6-8-10-12-19(25)26/h16H,1-15,21H2,(H,22,24)(H,25,26)(H,27,28)/t16-/m0/s1. The Bertz CT molecular complexity index is 481. The van der Waals surface area contributed by atoms with Crippen LogP contribution in [0.4, 0.5) is 0 Å². The zero-order valence-corrected chi connectivity index (χ0v) is 16.8. The van der Waals surface area contributed by atoms with E-state index >= 15 is 0 Å². The number of ketones is 1. The Hall–Kier alpha value is -1.96. The van der Waals surface area contributed by atoms with Gasteiger partial charge in [-0.1, -0.05) is 51.4 Å². The molecule has 0 rings (SSSR count). The fourth-order valence-corrected chi connectivity index (χ4v) is 2.97. The summed E-state index contributed by atoms with van der Waals surface area (Å²) in [4.78, 5) is 44.6. The van der Waals surface area contributed by atoms with E-state index < -0.39 is 18.0 Å². The SMILES string of the molecule is NCC(=O)[C@H](CCC(=O)O)NC(=O)CCCCCCCCCCCCC(=O)O. The number of aliphatic carboxylic acids is 2. The van der Waals surface area contributed by atoms with E-state index in [0.717, 1.165) is 64.2 Å². The van der Waals surface area contributed by atoms with Crippen LogP contribution in [-0.4, -0.2) is 46.4 Å². The van der Waals surface area contributed by atoms with E-state index in [1.54, 1.807) is 0 Å². The van der Waals surface area contributed by atoms with Crippen LogP contribution in [0.3, 0.4) is 0 Å². The number of carbonyl (C=O) groups excluding carboxylic acids is 2. The number of unbranched alkanes of at least 4 members (excludes halogenated alkanes) is 9. The molecule has 0 fully saturated rings. The minimum atomic E-state index is -1.01. The molecule has 162 valence electrons. The number of carboxylic acid groups (broad SMARTS) is 2. The molecule has 8 nitrogen and oxygen atoms in total. The molecule has 0 heterocycles. The Morgan fingerprint density at radius 3 is 1.54 bits per heavy atom. The number of hydrogen-bond acceptors (Lipinski definition) is 5. The van der Waals surface area contributed by atoms with Gasteiger partial charge in [0.2, 0.25) is 5.91 Å².